The Balaban J connectivity index is 2.22. The third kappa shape index (κ3) is 3.43. The van der Waals surface area contributed by atoms with E-state index < -0.39 is 5.97 Å². The minimum Gasteiger partial charge on any atom is -0.495 e. The lowest BCUT2D eigenvalue weighted by atomic mass is 10.2. The molecule has 0 atom stereocenters. The predicted octanol–water partition coefficient (Wildman–Crippen LogP) is 3.23. The van der Waals surface area contributed by atoms with Crippen LogP contribution in [0.25, 0.3) is 0 Å². The highest BCUT2D eigenvalue weighted by molar-refractivity contribution is 7.09. The minimum atomic E-state index is -1.06. The number of nitrogens with zero attached hydrogens (tertiary/aromatic N) is 1. The first-order valence-electron chi connectivity index (χ1n) is 6.60. The average Bonchev–Trinajstić information content (AvgIpc) is 2.97. The zero-order valence-electron chi connectivity index (χ0n) is 12.4. The molecule has 1 aromatic heterocycles. The number of thiazole rings is 1. The first kappa shape index (κ1) is 16.0. The number of amides is 1. The van der Waals surface area contributed by atoms with Gasteiger partial charge in [-0.3, -0.25) is 4.79 Å². The number of methoxy groups -OCH3 is 1. The normalized spacial score (nSPS) is 10.5. The molecule has 0 bridgehead atoms. The largest absolute Gasteiger partial charge is 0.495 e. The number of carboxylic acids is 1. The molecule has 6 nitrogen and oxygen atoms in total. The van der Waals surface area contributed by atoms with Gasteiger partial charge in [0.15, 0.2) is 0 Å². The van der Waals surface area contributed by atoms with Gasteiger partial charge in [0.05, 0.1) is 23.4 Å². The summed E-state index contributed by atoms with van der Waals surface area (Å²) < 4.78 is 5.12. The van der Waals surface area contributed by atoms with Gasteiger partial charge in [-0.1, -0.05) is 13.8 Å². The molecule has 1 amide bonds. The molecule has 0 aliphatic heterocycles. The van der Waals surface area contributed by atoms with E-state index in [9.17, 15) is 9.59 Å². The van der Waals surface area contributed by atoms with Crippen LogP contribution in [0.3, 0.4) is 0 Å². The van der Waals surface area contributed by atoms with Crippen molar-refractivity contribution in [2.45, 2.75) is 19.8 Å². The number of hydrogen-bond acceptors (Lipinski definition) is 5. The van der Waals surface area contributed by atoms with Crippen molar-refractivity contribution >= 4 is 28.9 Å². The molecule has 116 valence electrons. The van der Waals surface area contributed by atoms with Gasteiger partial charge < -0.3 is 15.2 Å². The topological polar surface area (TPSA) is 88.5 Å². The first-order chi connectivity index (χ1) is 10.4. The van der Waals surface area contributed by atoms with Crippen molar-refractivity contribution < 1.29 is 19.4 Å². The van der Waals surface area contributed by atoms with E-state index in [1.54, 1.807) is 5.38 Å². The van der Waals surface area contributed by atoms with Crippen LogP contribution in [0, 0.1) is 0 Å². The van der Waals surface area contributed by atoms with Crippen LogP contribution in [0.4, 0.5) is 5.69 Å². The fraction of sp³-hybridized carbons (Fsp3) is 0.267. The summed E-state index contributed by atoms with van der Waals surface area (Å²) in [5.41, 5.74) is 0.820. The fourth-order valence-corrected chi connectivity index (χ4v) is 2.59. The SMILES string of the molecule is COc1cc(C(=O)O)ccc1NC(=O)c1csc(C(C)C)n1. The number of rotatable bonds is 5. The number of hydrogen-bond donors (Lipinski definition) is 2. The van der Waals surface area contributed by atoms with E-state index in [2.05, 4.69) is 10.3 Å². The maximum Gasteiger partial charge on any atom is 0.335 e. The lowest BCUT2D eigenvalue weighted by molar-refractivity contribution is 0.0696. The number of carboxylic acid groups (broad SMARTS) is 1. The molecular formula is C15H16N2O4S. The van der Waals surface area contributed by atoms with E-state index in [4.69, 9.17) is 9.84 Å². The van der Waals surface area contributed by atoms with Crippen LogP contribution in [-0.2, 0) is 0 Å². The Hall–Kier alpha value is -2.41. The molecule has 1 heterocycles. The number of nitrogens with one attached hydrogen (secondary N) is 1. The third-order valence-corrected chi connectivity index (χ3v) is 4.09. The molecule has 22 heavy (non-hydrogen) atoms. The summed E-state index contributed by atoms with van der Waals surface area (Å²) in [6, 6.07) is 4.26. The Morgan fingerprint density at radius 2 is 2.09 bits per heavy atom. The van der Waals surface area contributed by atoms with Crippen molar-refractivity contribution in [2.24, 2.45) is 0 Å². The molecule has 2 rings (SSSR count). The van der Waals surface area contributed by atoms with Gasteiger partial charge >= 0.3 is 5.97 Å². The summed E-state index contributed by atoms with van der Waals surface area (Å²) in [7, 11) is 1.41. The first-order valence-corrected chi connectivity index (χ1v) is 7.48. The zero-order chi connectivity index (χ0) is 16.3. The van der Waals surface area contributed by atoms with Crippen LogP contribution in [0.5, 0.6) is 5.75 Å². The van der Waals surface area contributed by atoms with Crippen molar-refractivity contribution in [3.8, 4) is 5.75 Å². The lowest BCUT2D eigenvalue weighted by Crippen LogP contribution is -2.13. The summed E-state index contributed by atoms with van der Waals surface area (Å²) in [5.74, 6) is -0.870. The highest BCUT2D eigenvalue weighted by Gasteiger charge is 2.15. The molecule has 2 N–H and O–H groups in total. The summed E-state index contributed by atoms with van der Waals surface area (Å²) in [6.07, 6.45) is 0. The van der Waals surface area contributed by atoms with Crippen LogP contribution in [0.2, 0.25) is 0 Å². The second kappa shape index (κ2) is 6.57. The van der Waals surface area contributed by atoms with Crippen LogP contribution >= 0.6 is 11.3 Å². The molecule has 2 aromatic rings. The Morgan fingerprint density at radius 1 is 1.36 bits per heavy atom. The quantitative estimate of drug-likeness (QED) is 0.883. The smallest absolute Gasteiger partial charge is 0.335 e. The van der Waals surface area contributed by atoms with E-state index >= 15 is 0 Å². The number of ether oxygens (including phenoxy) is 1. The Labute approximate surface area is 131 Å². The molecule has 0 fully saturated rings. The number of aromatic carboxylic acids is 1. The number of benzene rings is 1. The Bertz CT molecular complexity index is 709. The van der Waals surface area contributed by atoms with E-state index in [-0.39, 0.29) is 23.1 Å². The van der Waals surface area contributed by atoms with Crippen molar-refractivity contribution in [3.63, 3.8) is 0 Å². The molecule has 0 saturated carbocycles. The van der Waals surface area contributed by atoms with Crippen LogP contribution < -0.4 is 10.1 Å². The molecule has 0 spiro atoms. The highest BCUT2D eigenvalue weighted by Crippen LogP contribution is 2.27. The number of carbonyl (C=O) groups excluding carboxylic acids is 1. The molecule has 0 aliphatic carbocycles. The highest BCUT2D eigenvalue weighted by atomic mass is 32.1. The molecule has 0 radical (unpaired) electrons. The summed E-state index contributed by atoms with van der Waals surface area (Å²) >= 11 is 1.43. The van der Waals surface area contributed by atoms with Gasteiger partial charge in [-0.15, -0.1) is 11.3 Å². The maximum atomic E-state index is 12.2. The average molecular weight is 320 g/mol. The molecular weight excluding hydrogens is 304 g/mol. The molecule has 7 heteroatoms. The number of carbonyl (C=O) groups is 2. The summed E-state index contributed by atoms with van der Waals surface area (Å²) in [6.45, 7) is 4.02. The van der Waals surface area contributed by atoms with Crippen molar-refractivity contribution in [3.05, 3.63) is 39.8 Å². The van der Waals surface area contributed by atoms with Gasteiger partial charge in [-0.2, -0.15) is 0 Å². The third-order valence-electron chi connectivity index (χ3n) is 2.95. The van der Waals surface area contributed by atoms with E-state index in [0.717, 1.165) is 5.01 Å². The van der Waals surface area contributed by atoms with Gasteiger partial charge in [-0.25, -0.2) is 9.78 Å². The zero-order valence-corrected chi connectivity index (χ0v) is 13.2. The molecule has 0 saturated heterocycles. The van der Waals surface area contributed by atoms with E-state index in [1.165, 1.54) is 36.6 Å². The fourth-order valence-electron chi connectivity index (χ4n) is 1.77. The standard InChI is InChI=1S/C15H16N2O4S/c1-8(2)14-17-11(7-22-14)13(18)16-10-5-4-9(15(19)20)6-12(10)21-3/h4-8H,1-3H3,(H,16,18)(H,19,20). The molecule has 1 aromatic carbocycles. The van der Waals surface area contributed by atoms with Gasteiger partial charge in [-0.05, 0) is 18.2 Å². The van der Waals surface area contributed by atoms with Crippen molar-refractivity contribution in [2.75, 3.05) is 12.4 Å². The second-order valence-corrected chi connectivity index (χ2v) is 5.79. The minimum absolute atomic E-state index is 0.0885. The molecule has 0 unspecified atom stereocenters. The van der Waals surface area contributed by atoms with Gasteiger partial charge in [0.2, 0.25) is 0 Å². The summed E-state index contributed by atoms with van der Waals surface area (Å²) in [5, 5.41) is 14.2. The predicted molar refractivity (Wildman–Crippen MR) is 84.1 cm³/mol. The Kier molecular flexibility index (Phi) is 4.77. The van der Waals surface area contributed by atoms with Gasteiger partial charge in [0, 0.05) is 11.3 Å². The lowest BCUT2D eigenvalue weighted by Gasteiger charge is -2.10. The van der Waals surface area contributed by atoms with Crippen molar-refractivity contribution in [1.29, 1.82) is 0 Å². The summed E-state index contributed by atoms with van der Waals surface area (Å²) in [4.78, 5) is 27.4. The van der Waals surface area contributed by atoms with Crippen molar-refractivity contribution in [1.82, 2.24) is 4.98 Å². The molecule has 0 aliphatic rings. The van der Waals surface area contributed by atoms with E-state index in [0.29, 0.717) is 11.4 Å². The van der Waals surface area contributed by atoms with Crippen LogP contribution in [-0.4, -0.2) is 29.1 Å². The second-order valence-electron chi connectivity index (χ2n) is 4.90. The maximum absolute atomic E-state index is 12.2. The van der Waals surface area contributed by atoms with Crippen LogP contribution in [0.15, 0.2) is 23.6 Å². The number of aromatic nitrogens is 1. The number of anilines is 1. The van der Waals surface area contributed by atoms with Crippen LogP contribution in [0.1, 0.15) is 45.6 Å². The monoisotopic (exact) mass is 320 g/mol. The van der Waals surface area contributed by atoms with Gasteiger partial charge in [0.1, 0.15) is 11.4 Å². The Morgan fingerprint density at radius 3 is 2.64 bits per heavy atom. The van der Waals surface area contributed by atoms with E-state index in [1.807, 2.05) is 13.8 Å². The van der Waals surface area contributed by atoms with Gasteiger partial charge in [0.25, 0.3) is 5.91 Å².